The lowest BCUT2D eigenvalue weighted by Crippen LogP contribution is -2.07. The summed E-state index contributed by atoms with van der Waals surface area (Å²) in [6.45, 7) is 5.75. The van der Waals surface area contributed by atoms with Gasteiger partial charge in [0, 0.05) is 13.1 Å². The maximum atomic E-state index is 6.37. The Morgan fingerprint density at radius 1 is 1.38 bits per heavy atom. The Bertz CT molecular complexity index is 628. The van der Waals surface area contributed by atoms with Crippen LogP contribution in [0.15, 0.2) is 22.7 Å². The fraction of sp³-hybridized carbons (Fsp3) is 0.400. The van der Waals surface area contributed by atoms with Crippen molar-refractivity contribution in [3.05, 3.63) is 44.6 Å². The van der Waals surface area contributed by atoms with E-state index in [-0.39, 0.29) is 0 Å². The quantitative estimate of drug-likeness (QED) is 0.836. The van der Waals surface area contributed by atoms with E-state index >= 15 is 0 Å². The van der Waals surface area contributed by atoms with Crippen molar-refractivity contribution >= 4 is 27.5 Å². The number of hydrogen-bond donors (Lipinski definition) is 1. The highest BCUT2D eigenvalue weighted by molar-refractivity contribution is 9.10. The van der Waals surface area contributed by atoms with Gasteiger partial charge in [-0.1, -0.05) is 24.6 Å². The molecule has 2 aromatic rings. The van der Waals surface area contributed by atoms with Gasteiger partial charge in [-0.25, -0.2) is 0 Å². The molecule has 0 aliphatic carbocycles. The van der Waals surface area contributed by atoms with Crippen LogP contribution in [0.1, 0.15) is 30.8 Å². The van der Waals surface area contributed by atoms with Crippen LogP contribution >= 0.6 is 27.5 Å². The lowest BCUT2D eigenvalue weighted by Gasteiger charge is -2.10. The van der Waals surface area contributed by atoms with Crippen LogP contribution in [0.2, 0.25) is 5.02 Å². The standard InChI is InChI=1S/C15H19BrClN3O/c1-3-12-15(17)13(20(4-2)19-12)9-21-14-6-5-10(8-18)7-11(14)16/h5-7H,3-4,8-9,18H2,1-2H3. The molecular formula is C15H19BrClN3O. The maximum absolute atomic E-state index is 6.37. The minimum absolute atomic E-state index is 0.389. The van der Waals surface area contributed by atoms with E-state index in [1.165, 1.54) is 0 Å². The predicted octanol–water partition coefficient (Wildman–Crippen LogP) is 3.92. The fourth-order valence-electron chi connectivity index (χ4n) is 2.09. The van der Waals surface area contributed by atoms with Crippen LogP contribution in [0.5, 0.6) is 5.75 Å². The van der Waals surface area contributed by atoms with E-state index in [0.717, 1.165) is 40.1 Å². The molecule has 4 nitrogen and oxygen atoms in total. The molecule has 21 heavy (non-hydrogen) atoms. The number of ether oxygens (including phenoxy) is 1. The van der Waals surface area contributed by atoms with Crippen molar-refractivity contribution in [1.29, 1.82) is 0 Å². The van der Waals surface area contributed by atoms with Crippen molar-refractivity contribution in [3.63, 3.8) is 0 Å². The van der Waals surface area contributed by atoms with Gasteiger partial charge in [0.1, 0.15) is 12.4 Å². The zero-order valence-corrected chi connectivity index (χ0v) is 14.5. The Balaban J connectivity index is 2.18. The molecule has 0 atom stereocenters. The van der Waals surface area contributed by atoms with E-state index in [1.54, 1.807) is 0 Å². The molecule has 0 spiro atoms. The van der Waals surface area contributed by atoms with Gasteiger partial charge in [0.25, 0.3) is 0 Å². The van der Waals surface area contributed by atoms with Gasteiger partial charge in [-0.15, -0.1) is 0 Å². The van der Waals surface area contributed by atoms with E-state index in [1.807, 2.05) is 36.7 Å². The summed E-state index contributed by atoms with van der Waals surface area (Å²) in [5.41, 5.74) is 8.49. The van der Waals surface area contributed by atoms with E-state index < -0.39 is 0 Å². The zero-order valence-electron chi connectivity index (χ0n) is 12.2. The van der Waals surface area contributed by atoms with E-state index in [0.29, 0.717) is 18.2 Å². The first-order valence-electron chi connectivity index (χ1n) is 6.96. The molecule has 0 amide bonds. The summed E-state index contributed by atoms with van der Waals surface area (Å²) in [6, 6.07) is 5.83. The number of nitrogens with two attached hydrogens (primary N) is 1. The van der Waals surface area contributed by atoms with Crippen LogP contribution in [0, 0.1) is 0 Å². The number of nitrogens with zero attached hydrogens (tertiary/aromatic N) is 2. The number of aryl methyl sites for hydroxylation is 2. The molecule has 0 saturated heterocycles. The summed E-state index contributed by atoms with van der Waals surface area (Å²) < 4.78 is 8.65. The predicted molar refractivity (Wildman–Crippen MR) is 88.7 cm³/mol. The minimum Gasteiger partial charge on any atom is -0.486 e. The van der Waals surface area contributed by atoms with Gasteiger partial charge in [0.2, 0.25) is 0 Å². The molecule has 0 aliphatic rings. The largest absolute Gasteiger partial charge is 0.486 e. The van der Waals surface area contributed by atoms with Crippen LogP contribution in [0.3, 0.4) is 0 Å². The monoisotopic (exact) mass is 371 g/mol. The third-order valence-corrected chi connectivity index (χ3v) is 4.35. The molecule has 1 aromatic heterocycles. The zero-order chi connectivity index (χ0) is 15.4. The highest BCUT2D eigenvalue weighted by Crippen LogP contribution is 2.28. The topological polar surface area (TPSA) is 53.1 Å². The smallest absolute Gasteiger partial charge is 0.134 e. The molecule has 0 fully saturated rings. The summed E-state index contributed by atoms with van der Waals surface area (Å²) in [7, 11) is 0. The Kier molecular flexibility index (Phi) is 5.67. The SMILES string of the molecule is CCc1nn(CC)c(COc2ccc(CN)cc2Br)c1Cl. The van der Waals surface area contributed by atoms with Crippen molar-refractivity contribution in [3.8, 4) is 5.75 Å². The molecular weight excluding hydrogens is 354 g/mol. The first-order valence-corrected chi connectivity index (χ1v) is 8.13. The van der Waals surface area contributed by atoms with E-state index in [2.05, 4.69) is 21.0 Å². The summed E-state index contributed by atoms with van der Waals surface area (Å²) in [5, 5.41) is 5.19. The van der Waals surface area contributed by atoms with Crippen LogP contribution in [0.25, 0.3) is 0 Å². The van der Waals surface area contributed by atoms with Crippen molar-refractivity contribution in [2.75, 3.05) is 0 Å². The van der Waals surface area contributed by atoms with Gasteiger partial charge in [-0.2, -0.15) is 5.10 Å². The first kappa shape index (κ1) is 16.3. The lowest BCUT2D eigenvalue weighted by atomic mass is 10.2. The number of aromatic nitrogens is 2. The molecule has 0 radical (unpaired) electrons. The Labute approximate surface area is 138 Å². The second-order valence-corrected chi connectivity index (χ2v) is 5.87. The van der Waals surface area contributed by atoms with Gasteiger partial charge in [-0.3, -0.25) is 4.68 Å². The van der Waals surface area contributed by atoms with E-state index in [9.17, 15) is 0 Å². The molecule has 0 aliphatic heterocycles. The second kappa shape index (κ2) is 7.29. The third kappa shape index (κ3) is 3.59. The van der Waals surface area contributed by atoms with Crippen LogP contribution in [-0.4, -0.2) is 9.78 Å². The number of hydrogen-bond acceptors (Lipinski definition) is 3. The Morgan fingerprint density at radius 3 is 2.71 bits per heavy atom. The van der Waals surface area contributed by atoms with Crippen molar-refractivity contribution in [1.82, 2.24) is 9.78 Å². The Morgan fingerprint density at radius 2 is 2.14 bits per heavy atom. The fourth-order valence-corrected chi connectivity index (χ4v) is 2.95. The first-order chi connectivity index (χ1) is 10.1. The molecule has 0 unspecified atom stereocenters. The summed E-state index contributed by atoms with van der Waals surface area (Å²) in [6.07, 6.45) is 0.813. The average Bonchev–Trinajstić information content (AvgIpc) is 2.81. The highest BCUT2D eigenvalue weighted by Gasteiger charge is 2.15. The average molecular weight is 373 g/mol. The molecule has 1 heterocycles. The molecule has 114 valence electrons. The normalized spacial score (nSPS) is 10.9. The van der Waals surface area contributed by atoms with Gasteiger partial charge >= 0.3 is 0 Å². The molecule has 1 aromatic carbocycles. The highest BCUT2D eigenvalue weighted by atomic mass is 79.9. The number of benzene rings is 1. The molecule has 0 bridgehead atoms. The third-order valence-electron chi connectivity index (χ3n) is 3.29. The van der Waals surface area contributed by atoms with Crippen LogP contribution in [-0.2, 0) is 26.1 Å². The van der Waals surface area contributed by atoms with E-state index in [4.69, 9.17) is 22.1 Å². The number of halogens is 2. The molecule has 6 heteroatoms. The van der Waals surface area contributed by atoms with Crippen molar-refractivity contribution < 1.29 is 4.74 Å². The van der Waals surface area contributed by atoms with Crippen molar-refractivity contribution in [2.45, 2.75) is 40.0 Å². The van der Waals surface area contributed by atoms with Crippen molar-refractivity contribution in [2.24, 2.45) is 5.73 Å². The number of rotatable bonds is 6. The molecule has 2 rings (SSSR count). The van der Waals surface area contributed by atoms with Gasteiger partial charge in [0.05, 0.1) is 20.9 Å². The van der Waals surface area contributed by atoms with Crippen LogP contribution < -0.4 is 10.5 Å². The molecule has 0 saturated carbocycles. The van der Waals surface area contributed by atoms with Gasteiger partial charge in [0.15, 0.2) is 0 Å². The summed E-state index contributed by atoms with van der Waals surface area (Å²) in [5.74, 6) is 0.769. The lowest BCUT2D eigenvalue weighted by molar-refractivity contribution is 0.290. The van der Waals surface area contributed by atoms with Gasteiger partial charge < -0.3 is 10.5 Å². The van der Waals surface area contributed by atoms with Crippen LogP contribution in [0.4, 0.5) is 0 Å². The maximum Gasteiger partial charge on any atom is 0.134 e. The summed E-state index contributed by atoms with van der Waals surface area (Å²) >= 11 is 9.87. The minimum atomic E-state index is 0.389. The Hall–Kier alpha value is -1.04. The molecule has 2 N–H and O–H groups in total. The summed E-state index contributed by atoms with van der Waals surface area (Å²) in [4.78, 5) is 0. The van der Waals surface area contributed by atoms with Gasteiger partial charge in [-0.05, 0) is 47.0 Å². The second-order valence-electron chi connectivity index (χ2n) is 4.63.